The van der Waals surface area contributed by atoms with Gasteiger partial charge in [-0.3, -0.25) is 0 Å². The SMILES string of the molecule is COc1ccc(C(NC2CCC2)c2ccccc2)c(O)c1. The highest BCUT2D eigenvalue weighted by molar-refractivity contribution is 5.45. The minimum atomic E-state index is 0.0161. The number of nitrogens with one attached hydrogen (secondary N) is 1. The summed E-state index contributed by atoms with van der Waals surface area (Å²) in [7, 11) is 1.61. The van der Waals surface area contributed by atoms with Crippen LogP contribution in [0.4, 0.5) is 0 Å². The predicted molar refractivity (Wildman–Crippen MR) is 83.7 cm³/mol. The van der Waals surface area contributed by atoms with Crippen LogP contribution < -0.4 is 10.1 Å². The van der Waals surface area contributed by atoms with E-state index in [4.69, 9.17) is 4.74 Å². The van der Waals surface area contributed by atoms with Crippen LogP contribution in [0.5, 0.6) is 11.5 Å². The maximum Gasteiger partial charge on any atom is 0.124 e. The first-order valence-corrected chi connectivity index (χ1v) is 7.46. The molecule has 0 spiro atoms. The first-order valence-electron chi connectivity index (χ1n) is 7.46. The second-order valence-corrected chi connectivity index (χ2v) is 5.56. The molecule has 1 fully saturated rings. The lowest BCUT2D eigenvalue weighted by Gasteiger charge is -2.32. The Balaban J connectivity index is 1.94. The molecular formula is C18H21NO2. The summed E-state index contributed by atoms with van der Waals surface area (Å²) in [6, 6.07) is 16.3. The first kappa shape index (κ1) is 14.0. The van der Waals surface area contributed by atoms with Crippen LogP contribution in [0.2, 0.25) is 0 Å². The third-order valence-corrected chi connectivity index (χ3v) is 4.19. The number of phenolic OH excluding ortho intramolecular Hbond substituents is 1. The first-order chi connectivity index (χ1) is 10.3. The Kier molecular flexibility index (Phi) is 4.11. The molecule has 0 amide bonds. The number of hydrogen-bond donors (Lipinski definition) is 2. The van der Waals surface area contributed by atoms with Crippen molar-refractivity contribution in [1.82, 2.24) is 5.32 Å². The Labute approximate surface area is 125 Å². The van der Waals surface area contributed by atoms with Crippen molar-refractivity contribution >= 4 is 0 Å². The van der Waals surface area contributed by atoms with E-state index in [1.54, 1.807) is 13.2 Å². The van der Waals surface area contributed by atoms with Crippen LogP contribution in [-0.2, 0) is 0 Å². The molecule has 1 saturated carbocycles. The third kappa shape index (κ3) is 3.03. The van der Waals surface area contributed by atoms with Crippen molar-refractivity contribution in [2.24, 2.45) is 0 Å². The van der Waals surface area contributed by atoms with Crippen molar-refractivity contribution in [1.29, 1.82) is 0 Å². The molecule has 1 aliphatic carbocycles. The van der Waals surface area contributed by atoms with Crippen LogP contribution >= 0.6 is 0 Å². The third-order valence-electron chi connectivity index (χ3n) is 4.19. The van der Waals surface area contributed by atoms with Crippen molar-refractivity contribution in [3.63, 3.8) is 0 Å². The summed E-state index contributed by atoms with van der Waals surface area (Å²) in [5, 5.41) is 14.0. The number of rotatable bonds is 5. The lowest BCUT2D eigenvalue weighted by atomic mass is 9.89. The van der Waals surface area contributed by atoms with Crippen LogP contribution in [0.25, 0.3) is 0 Å². The highest BCUT2D eigenvalue weighted by atomic mass is 16.5. The van der Waals surface area contributed by atoms with E-state index in [-0.39, 0.29) is 11.8 Å². The van der Waals surface area contributed by atoms with Crippen LogP contribution in [0.1, 0.15) is 36.4 Å². The predicted octanol–water partition coefficient (Wildman–Crippen LogP) is 3.63. The van der Waals surface area contributed by atoms with E-state index in [1.807, 2.05) is 30.3 Å². The molecule has 3 nitrogen and oxygen atoms in total. The maximum atomic E-state index is 10.3. The quantitative estimate of drug-likeness (QED) is 0.880. The second kappa shape index (κ2) is 6.19. The van der Waals surface area contributed by atoms with Gasteiger partial charge in [0, 0.05) is 17.7 Å². The molecule has 2 aromatic carbocycles. The molecule has 0 bridgehead atoms. The molecule has 1 aliphatic rings. The van der Waals surface area contributed by atoms with Gasteiger partial charge >= 0.3 is 0 Å². The van der Waals surface area contributed by atoms with Gasteiger partial charge in [0.1, 0.15) is 11.5 Å². The highest BCUT2D eigenvalue weighted by Crippen LogP contribution is 2.34. The van der Waals surface area contributed by atoms with E-state index in [9.17, 15) is 5.11 Å². The van der Waals surface area contributed by atoms with E-state index in [0.29, 0.717) is 11.8 Å². The summed E-state index contributed by atoms with van der Waals surface area (Å²) >= 11 is 0. The largest absolute Gasteiger partial charge is 0.507 e. The van der Waals surface area contributed by atoms with Crippen molar-refractivity contribution in [3.8, 4) is 11.5 Å². The summed E-state index contributed by atoms with van der Waals surface area (Å²) < 4.78 is 5.17. The van der Waals surface area contributed by atoms with Crippen molar-refractivity contribution in [2.45, 2.75) is 31.3 Å². The summed E-state index contributed by atoms with van der Waals surface area (Å²) in [5.41, 5.74) is 2.07. The van der Waals surface area contributed by atoms with Gasteiger partial charge in [0.25, 0.3) is 0 Å². The molecule has 0 aromatic heterocycles. The number of hydrogen-bond acceptors (Lipinski definition) is 3. The second-order valence-electron chi connectivity index (χ2n) is 5.56. The van der Waals surface area contributed by atoms with Gasteiger partial charge in [-0.25, -0.2) is 0 Å². The van der Waals surface area contributed by atoms with Crippen LogP contribution in [-0.4, -0.2) is 18.3 Å². The van der Waals surface area contributed by atoms with Crippen LogP contribution in [0.3, 0.4) is 0 Å². The molecule has 3 rings (SSSR count). The van der Waals surface area contributed by atoms with E-state index in [1.165, 1.54) is 24.8 Å². The molecule has 0 radical (unpaired) electrons. The minimum absolute atomic E-state index is 0.0161. The zero-order valence-corrected chi connectivity index (χ0v) is 12.3. The summed E-state index contributed by atoms with van der Waals surface area (Å²) in [6.07, 6.45) is 3.70. The summed E-state index contributed by atoms with van der Waals surface area (Å²) in [4.78, 5) is 0. The fourth-order valence-electron chi connectivity index (χ4n) is 2.72. The van der Waals surface area contributed by atoms with E-state index >= 15 is 0 Å². The normalized spacial score (nSPS) is 16.2. The molecule has 0 saturated heterocycles. The van der Waals surface area contributed by atoms with Crippen LogP contribution in [0, 0.1) is 0 Å². The van der Waals surface area contributed by atoms with Gasteiger partial charge in [-0.1, -0.05) is 36.8 Å². The van der Waals surface area contributed by atoms with Gasteiger partial charge in [0.2, 0.25) is 0 Å². The topological polar surface area (TPSA) is 41.5 Å². The van der Waals surface area contributed by atoms with Crippen molar-refractivity contribution in [2.75, 3.05) is 7.11 Å². The zero-order chi connectivity index (χ0) is 14.7. The minimum Gasteiger partial charge on any atom is -0.507 e. The molecule has 0 aliphatic heterocycles. The molecule has 1 atom stereocenters. The molecular weight excluding hydrogens is 262 g/mol. The molecule has 0 heterocycles. The smallest absolute Gasteiger partial charge is 0.124 e. The van der Waals surface area contributed by atoms with Gasteiger partial charge < -0.3 is 15.2 Å². The van der Waals surface area contributed by atoms with Crippen LogP contribution in [0.15, 0.2) is 48.5 Å². The maximum absolute atomic E-state index is 10.3. The molecule has 21 heavy (non-hydrogen) atoms. The zero-order valence-electron chi connectivity index (χ0n) is 12.3. The molecule has 1 unspecified atom stereocenters. The number of aromatic hydroxyl groups is 1. The Hall–Kier alpha value is -2.00. The average molecular weight is 283 g/mol. The van der Waals surface area contributed by atoms with E-state index in [2.05, 4.69) is 17.4 Å². The average Bonchev–Trinajstić information content (AvgIpc) is 2.48. The number of benzene rings is 2. The lowest BCUT2D eigenvalue weighted by molar-refractivity contribution is 0.317. The molecule has 3 heteroatoms. The summed E-state index contributed by atoms with van der Waals surface area (Å²) in [6.45, 7) is 0. The Morgan fingerprint density at radius 2 is 1.90 bits per heavy atom. The van der Waals surface area contributed by atoms with E-state index < -0.39 is 0 Å². The van der Waals surface area contributed by atoms with Gasteiger partial charge in [0.15, 0.2) is 0 Å². The Morgan fingerprint density at radius 3 is 2.48 bits per heavy atom. The van der Waals surface area contributed by atoms with Gasteiger partial charge in [-0.05, 0) is 30.5 Å². The monoisotopic (exact) mass is 283 g/mol. The molecule has 2 aromatic rings. The summed E-state index contributed by atoms with van der Waals surface area (Å²) in [5.74, 6) is 0.946. The number of ether oxygens (including phenoxy) is 1. The Bertz CT molecular complexity index is 593. The molecule has 110 valence electrons. The van der Waals surface area contributed by atoms with Crippen molar-refractivity contribution in [3.05, 3.63) is 59.7 Å². The van der Waals surface area contributed by atoms with E-state index in [0.717, 1.165) is 5.56 Å². The fraction of sp³-hybridized carbons (Fsp3) is 0.333. The van der Waals surface area contributed by atoms with Gasteiger partial charge in [-0.2, -0.15) is 0 Å². The van der Waals surface area contributed by atoms with Crippen molar-refractivity contribution < 1.29 is 9.84 Å². The highest BCUT2D eigenvalue weighted by Gasteiger charge is 2.25. The lowest BCUT2D eigenvalue weighted by Crippen LogP contribution is -2.38. The van der Waals surface area contributed by atoms with Gasteiger partial charge in [-0.15, -0.1) is 0 Å². The van der Waals surface area contributed by atoms with Gasteiger partial charge in [0.05, 0.1) is 13.2 Å². The molecule has 2 N–H and O–H groups in total. The number of methoxy groups -OCH3 is 1. The standard InChI is InChI=1S/C18H21NO2/c1-21-15-10-11-16(17(20)12-15)18(19-14-8-5-9-14)13-6-3-2-4-7-13/h2-4,6-7,10-12,14,18-20H,5,8-9H2,1H3. The number of phenols is 1. The fourth-order valence-corrected chi connectivity index (χ4v) is 2.72. The Morgan fingerprint density at radius 1 is 1.14 bits per heavy atom.